The number of aromatic nitrogens is 4. The van der Waals surface area contributed by atoms with Gasteiger partial charge in [-0.2, -0.15) is 4.39 Å². The Bertz CT molecular complexity index is 1630. The number of nitrogens with one attached hydrogen (secondary N) is 1. The van der Waals surface area contributed by atoms with Gasteiger partial charge >= 0.3 is 0 Å². The fourth-order valence-electron chi connectivity index (χ4n) is 3.27. The number of fused-ring (bicyclic) bond motifs is 1. The molecule has 0 bridgehead atoms. The maximum Gasteiger partial charge on any atom is 0.255 e. The summed E-state index contributed by atoms with van der Waals surface area (Å²) < 4.78 is 64.5. The normalized spacial score (nSPS) is 11.0. The van der Waals surface area contributed by atoms with Gasteiger partial charge in [-0.3, -0.25) is 14.3 Å². The number of benzene rings is 3. The average Bonchev–Trinajstić information content (AvgIpc) is 3.41. The molecule has 5 aromatic rings. The molecule has 0 fully saturated rings. The SMILES string of the molecule is O=C(Nc1cc(F)c(F)c(Oc2ccc3ncc(-n4ccnc4)nc3c2)c1F)c1ccc(Cl)c(F)c1. The monoisotopic (exact) mass is 513 g/mol. The molecule has 5 rings (SSSR count). The predicted octanol–water partition coefficient (Wildman–Crippen LogP) is 6.07. The lowest BCUT2D eigenvalue weighted by Crippen LogP contribution is -2.14. The van der Waals surface area contributed by atoms with Crippen molar-refractivity contribution in [3.63, 3.8) is 0 Å². The summed E-state index contributed by atoms with van der Waals surface area (Å²) >= 11 is 5.59. The second kappa shape index (κ2) is 9.27. The molecule has 12 heteroatoms. The minimum absolute atomic E-state index is 0.0694. The van der Waals surface area contributed by atoms with Crippen molar-refractivity contribution in [2.24, 2.45) is 0 Å². The molecule has 3 aromatic carbocycles. The van der Waals surface area contributed by atoms with Crippen molar-refractivity contribution in [2.75, 3.05) is 5.32 Å². The topological polar surface area (TPSA) is 81.9 Å². The van der Waals surface area contributed by atoms with E-state index in [1.165, 1.54) is 36.8 Å². The van der Waals surface area contributed by atoms with E-state index in [2.05, 4.69) is 20.3 Å². The molecule has 0 saturated carbocycles. The van der Waals surface area contributed by atoms with Gasteiger partial charge in [0.15, 0.2) is 17.5 Å². The second-order valence-electron chi connectivity index (χ2n) is 7.40. The van der Waals surface area contributed by atoms with Crippen LogP contribution in [-0.2, 0) is 0 Å². The Morgan fingerprint density at radius 1 is 0.972 bits per heavy atom. The van der Waals surface area contributed by atoms with Crippen molar-refractivity contribution in [3.05, 3.63) is 101 Å². The highest BCUT2D eigenvalue weighted by molar-refractivity contribution is 6.30. The highest BCUT2D eigenvalue weighted by Gasteiger charge is 2.23. The Morgan fingerprint density at radius 3 is 2.56 bits per heavy atom. The molecule has 0 spiro atoms. The smallest absolute Gasteiger partial charge is 0.255 e. The molecule has 7 nitrogen and oxygen atoms in total. The minimum Gasteiger partial charge on any atom is -0.451 e. The fraction of sp³-hybridized carbons (Fsp3) is 0. The van der Waals surface area contributed by atoms with Gasteiger partial charge in [-0.1, -0.05) is 11.6 Å². The van der Waals surface area contributed by atoms with Gasteiger partial charge in [0.2, 0.25) is 11.6 Å². The van der Waals surface area contributed by atoms with Gasteiger partial charge in [0.25, 0.3) is 5.91 Å². The van der Waals surface area contributed by atoms with Crippen LogP contribution in [0.5, 0.6) is 11.5 Å². The predicted molar refractivity (Wildman–Crippen MR) is 122 cm³/mol. The van der Waals surface area contributed by atoms with Gasteiger partial charge in [0, 0.05) is 30.1 Å². The minimum atomic E-state index is -1.61. The summed E-state index contributed by atoms with van der Waals surface area (Å²) in [4.78, 5) is 25.0. The van der Waals surface area contributed by atoms with Crippen LogP contribution in [-0.4, -0.2) is 25.4 Å². The van der Waals surface area contributed by atoms with Crippen LogP contribution < -0.4 is 10.1 Å². The lowest BCUT2D eigenvalue weighted by Gasteiger charge is -2.13. The zero-order valence-corrected chi connectivity index (χ0v) is 18.6. The van der Waals surface area contributed by atoms with Gasteiger partial charge in [0.05, 0.1) is 27.9 Å². The highest BCUT2D eigenvalue weighted by atomic mass is 35.5. The molecule has 0 radical (unpaired) electrons. The van der Waals surface area contributed by atoms with E-state index in [4.69, 9.17) is 16.3 Å². The van der Waals surface area contributed by atoms with Crippen LogP contribution in [0.2, 0.25) is 5.02 Å². The van der Waals surface area contributed by atoms with Gasteiger partial charge < -0.3 is 10.1 Å². The molecule has 0 aliphatic carbocycles. The second-order valence-corrected chi connectivity index (χ2v) is 7.80. The molecule has 2 aromatic heterocycles. The summed E-state index contributed by atoms with van der Waals surface area (Å²) in [5.41, 5.74) is -0.138. The lowest BCUT2D eigenvalue weighted by molar-refractivity contribution is 0.102. The third-order valence-electron chi connectivity index (χ3n) is 5.04. The summed E-state index contributed by atoms with van der Waals surface area (Å²) in [5.74, 6) is -7.05. The number of ether oxygens (including phenoxy) is 1. The maximum absolute atomic E-state index is 15.1. The first-order chi connectivity index (χ1) is 17.3. The van der Waals surface area contributed by atoms with Crippen molar-refractivity contribution in [2.45, 2.75) is 0 Å². The lowest BCUT2D eigenvalue weighted by atomic mass is 10.2. The first-order valence-corrected chi connectivity index (χ1v) is 10.5. The summed E-state index contributed by atoms with van der Waals surface area (Å²) in [5, 5.41) is 1.86. The Kier molecular flexibility index (Phi) is 5.98. The van der Waals surface area contributed by atoms with Crippen LogP contribution in [0.15, 0.2) is 67.4 Å². The molecule has 1 N–H and O–H groups in total. The molecule has 0 aliphatic rings. The van der Waals surface area contributed by atoms with E-state index >= 15 is 4.39 Å². The number of carbonyl (C=O) groups excluding carboxylic acids is 1. The molecule has 180 valence electrons. The number of amides is 1. The number of hydrogen-bond donors (Lipinski definition) is 1. The van der Waals surface area contributed by atoms with Crippen LogP contribution in [0.25, 0.3) is 16.9 Å². The summed E-state index contributed by atoms with van der Waals surface area (Å²) in [6.45, 7) is 0. The molecule has 2 heterocycles. The molecule has 0 unspecified atom stereocenters. The van der Waals surface area contributed by atoms with Gasteiger partial charge in [-0.15, -0.1) is 0 Å². The van der Waals surface area contributed by atoms with Crippen molar-refractivity contribution in [1.29, 1.82) is 0 Å². The van der Waals surface area contributed by atoms with Crippen LogP contribution in [0.1, 0.15) is 10.4 Å². The van der Waals surface area contributed by atoms with Gasteiger partial charge in [-0.25, -0.2) is 23.1 Å². The number of anilines is 1. The molecule has 0 saturated heterocycles. The fourth-order valence-corrected chi connectivity index (χ4v) is 3.39. The number of halogens is 5. The van der Waals surface area contributed by atoms with Crippen LogP contribution in [0.3, 0.4) is 0 Å². The number of hydrogen-bond acceptors (Lipinski definition) is 5. The Labute approximate surface area is 205 Å². The van der Waals surface area contributed by atoms with E-state index in [0.29, 0.717) is 22.9 Å². The van der Waals surface area contributed by atoms with Crippen LogP contribution in [0.4, 0.5) is 23.2 Å². The van der Waals surface area contributed by atoms with Gasteiger partial charge in [-0.05, 0) is 30.3 Å². The van der Waals surface area contributed by atoms with Crippen molar-refractivity contribution < 1.29 is 27.1 Å². The highest BCUT2D eigenvalue weighted by Crippen LogP contribution is 2.35. The maximum atomic E-state index is 15.1. The van der Waals surface area contributed by atoms with E-state index in [1.807, 2.05) is 0 Å². The Hall–Kier alpha value is -4.51. The molecular formula is C24H12ClF4N5O2. The number of carbonyl (C=O) groups is 1. The first-order valence-electron chi connectivity index (χ1n) is 10.2. The number of imidazole rings is 1. The van der Waals surface area contributed by atoms with Crippen LogP contribution in [0, 0.1) is 23.3 Å². The third kappa shape index (κ3) is 4.43. The van der Waals surface area contributed by atoms with Crippen molar-refractivity contribution in [1.82, 2.24) is 19.5 Å². The third-order valence-corrected chi connectivity index (χ3v) is 5.34. The van der Waals surface area contributed by atoms with E-state index < -0.39 is 40.6 Å². The number of nitrogens with zero attached hydrogens (tertiary/aromatic N) is 4. The summed E-state index contributed by atoms with van der Waals surface area (Å²) in [7, 11) is 0. The van der Waals surface area contributed by atoms with Crippen molar-refractivity contribution in [3.8, 4) is 17.3 Å². The molecule has 36 heavy (non-hydrogen) atoms. The van der Waals surface area contributed by atoms with Crippen molar-refractivity contribution >= 4 is 34.2 Å². The largest absolute Gasteiger partial charge is 0.451 e. The molecule has 0 aliphatic heterocycles. The quantitative estimate of drug-likeness (QED) is 0.228. The molecule has 0 atom stereocenters. The van der Waals surface area contributed by atoms with E-state index in [-0.39, 0.29) is 16.3 Å². The summed E-state index contributed by atoms with van der Waals surface area (Å²) in [6, 6.07) is 7.81. The van der Waals surface area contributed by atoms with E-state index in [9.17, 15) is 18.0 Å². The molecular weight excluding hydrogens is 502 g/mol. The Balaban J connectivity index is 1.47. The van der Waals surface area contributed by atoms with E-state index in [0.717, 1.165) is 12.1 Å². The number of rotatable bonds is 5. The van der Waals surface area contributed by atoms with Crippen LogP contribution >= 0.6 is 11.6 Å². The van der Waals surface area contributed by atoms with E-state index in [1.54, 1.807) is 17.0 Å². The van der Waals surface area contributed by atoms with Gasteiger partial charge in [0.1, 0.15) is 17.9 Å². The Morgan fingerprint density at radius 2 is 1.81 bits per heavy atom. The molecule has 1 amide bonds. The zero-order chi connectivity index (χ0) is 25.4. The zero-order valence-electron chi connectivity index (χ0n) is 17.8. The standard InChI is InChI=1S/C24H12ClF4N5O2/c25-14-3-1-12(7-15(14)26)24(35)33-19-9-16(27)21(28)23(22(19)29)36-13-2-4-17-18(8-13)32-20(10-31-17)34-6-5-30-11-34/h1-11H,(H,33,35). The summed E-state index contributed by atoms with van der Waals surface area (Å²) in [6.07, 6.45) is 6.24. The average molecular weight is 514 g/mol. The first kappa shape index (κ1) is 23.2.